The van der Waals surface area contributed by atoms with E-state index in [1.807, 2.05) is 29.8 Å². The molecule has 1 aromatic heterocycles. The van der Waals surface area contributed by atoms with Crippen molar-refractivity contribution in [3.05, 3.63) is 41.6 Å². The highest BCUT2D eigenvalue weighted by atomic mass is 16.3. The van der Waals surface area contributed by atoms with Gasteiger partial charge < -0.3 is 10.4 Å². The van der Waals surface area contributed by atoms with E-state index in [0.717, 1.165) is 23.6 Å². The van der Waals surface area contributed by atoms with Crippen LogP contribution in [0.5, 0.6) is 5.75 Å². The Hall–Kier alpha value is -1.97. The second-order valence-electron chi connectivity index (χ2n) is 4.01. The number of aromatic nitrogens is 2. The van der Waals surface area contributed by atoms with E-state index >= 15 is 0 Å². The number of hydrogen-bond donors (Lipinski definition) is 2. The normalized spacial score (nSPS) is 10.5. The summed E-state index contributed by atoms with van der Waals surface area (Å²) in [6, 6.07) is 9.27. The third-order valence-corrected chi connectivity index (χ3v) is 2.59. The molecule has 90 valence electrons. The first-order valence-corrected chi connectivity index (χ1v) is 5.75. The summed E-state index contributed by atoms with van der Waals surface area (Å²) in [6.45, 7) is 5.56. The number of phenols is 1. The molecule has 2 aromatic rings. The molecule has 4 heteroatoms. The Morgan fingerprint density at radius 1 is 1.35 bits per heavy atom. The summed E-state index contributed by atoms with van der Waals surface area (Å²) < 4.78 is 1.93. The van der Waals surface area contributed by atoms with Gasteiger partial charge in [-0.25, -0.2) is 4.68 Å². The molecule has 0 aliphatic carbocycles. The molecule has 2 N–H and O–H groups in total. The van der Waals surface area contributed by atoms with Crippen LogP contribution in [0.4, 0.5) is 5.82 Å². The highest BCUT2D eigenvalue weighted by Crippen LogP contribution is 2.14. The quantitative estimate of drug-likeness (QED) is 0.850. The second-order valence-corrected chi connectivity index (χ2v) is 4.01. The van der Waals surface area contributed by atoms with Crippen LogP contribution in [0.1, 0.15) is 18.2 Å². The third kappa shape index (κ3) is 2.78. The van der Waals surface area contributed by atoms with Crippen molar-refractivity contribution in [1.82, 2.24) is 9.78 Å². The van der Waals surface area contributed by atoms with E-state index in [2.05, 4.69) is 17.3 Å². The molecule has 17 heavy (non-hydrogen) atoms. The molecule has 0 saturated heterocycles. The lowest BCUT2D eigenvalue weighted by molar-refractivity contribution is 0.474. The summed E-state index contributed by atoms with van der Waals surface area (Å²) in [5.74, 6) is 1.30. The highest BCUT2D eigenvalue weighted by molar-refractivity contribution is 5.38. The third-order valence-electron chi connectivity index (χ3n) is 2.59. The van der Waals surface area contributed by atoms with E-state index in [0.29, 0.717) is 12.3 Å². The Bertz CT molecular complexity index is 505. The number of anilines is 1. The van der Waals surface area contributed by atoms with Crippen molar-refractivity contribution in [3.63, 3.8) is 0 Å². The number of aromatic hydroxyl groups is 1. The van der Waals surface area contributed by atoms with Crippen LogP contribution in [0.3, 0.4) is 0 Å². The molecular formula is C13H17N3O. The fourth-order valence-electron chi connectivity index (χ4n) is 1.79. The highest BCUT2D eigenvalue weighted by Gasteiger charge is 2.03. The molecule has 0 unspecified atom stereocenters. The van der Waals surface area contributed by atoms with E-state index in [-0.39, 0.29) is 0 Å². The molecule has 1 heterocycles. The molecule has 0 amide bonds. The Labute approximate surface area is 101 Å². The Balaban J connectivity index is 2.06. The van der Waals surface area contributed by atoms with E-state index < -0.39 is 0 Å². The van der Waals surface area contributed by atoms with Crippen molar-refractivity contribution in [2.75, 3.05) is 5.32 Å². The molecule has 4 nitrogen and oxygen atoms in total. The predicted molar refractivity (Wildman–Crippen MR) is 68.1 cm³/mol. The van der Waals surface area contributed by atoms with Crippen molar-refractivity contribution in [1.29, 1.82) is 0 Å². The topological polar surface area (TPSA) is 50.1 Å². The number of aryl methyl sites for hydroxylation is 2. The van der Waals surface area contributed by atoms with Gasteiger partial charge >= 0.3 is 0 Å². The number of hydrogen-bond acceptors (Lipinski definition) is 3. The van der Waals surface area contributed by atoms with E-state index in [1.165, 1.54) is 0 Å². The first-order valence-electron chi connectivity index (χ1n) is 5.75. The second kappa shape index (κ2) is 4.91. The maximum absolute atomic E-state index is 9.37. The zero-order valence-electron chi connectivity index (χ0n) is 10.1. The van der Waals surface area contributed by atoms with Crippen LogP contribution in [0, 0.1) is 6.92 Å². The fraction of sp³-hybridized carbons (Fsp3) is 0.308. The molecule has 0 atom stereocenters. The summed E-state index contributed by atoms with van der Waals surface area (Å²) in [5, 5.41) is 17.1. The van der Waals surface area contributed by atoms with E-state index in [4.69, 9.17) is 0 Å². The molecule has 0 fully saturated rings. The molecule has 0 spiro atoms. The van der Waals surface area contributed by atoms with Gasteiger partial charge in [-0.15, -0.1) is 0 Å². The number of rotatable bonds is 4. The average Bonchev–Trinajstić information content (AvgIpc) is 2.67. The molecule has 0 saturated carbocycles. The number of nitrogens with one attached hydrogen (secondary N) is 1. The van der Waals surface area contributed by atoms with Crippen molar-refractivity contribution < 1.29 is 5.11 Å². The lowest BCUT2D eigenvalue weighted by atomic mass is 10.2. The van der Waals surface area contributed by atoms with E-state index in [1.54, 1.807) is 12.1 Å². The molecule has 0 aliphatic heterocycles. The van der Waals surface area contributed by atoms with E-state index in [9.17, 15) is 5.11 Å². The molecule has 0 aliphatic rings. The lowest BCUT2D eigenvalue weighted by Gasteiger charge is -2.08. The van der Waals surface area contributed by atoms with Crippen molar-refractivity contribution in [2.45, 2.75) is 26.9 Å². The smallest absolute Gasteiger partial charge is 0.124 e. The number of nitrogens with zero attached hydrogens (tertiary/aromatic N) is 2. The molecule has 1 aromatic carbocycles. The van der Waals surface area contributed by atoms with Gasteiger partial charge in [-0.1, -0.05) is 12.1 Å². The largest absolute Gasteiger partial charge is 0.508 e. The van der Waals surface area contributed by atoms with Gasteiger partial charge in [0.1, 0.15) is 11.6 Å². The Kier molecular flexibility index (Phi) is 3.32. The Morgan fingerprint density at radius 2 is 2.18 bits per heavy atom. The van der Waals surface area contributed by atoms with Gasteiger partial charge in [0.15, 0.2) is 0 Å². The standard InChI is InChI=1S/C13H17N3O/c1-3-16-13(7-10(2)15-16)14-9-11-5-4-6-12(17)8-11/h4-8,14,17H,3,9H2,1-2H3. The van der Waals surface area contributed by atoms with Gasteiger partial charge in [0.05, 0.1) is 5.69 Å². The summed E-state index contributed by atoms with van der Waals surface area (Å²) in [6.07, 6.45) is 0. The average molecular weight is 231 g/mol. The van der Waals surface area contributed by atoms with Crippen LogP contribution >= 0.6 is 0 Å². The minimum atomic E-state index is 0.296. The van der Waals surface area contributed by atoms with Gasteiger partial charge in [-0.2, -0.15) is 5.10 Å². The summed E-state index contributed by atoms with van der Waals surface area (Å²) in [4.78, 5) is 0. The van der Waals surface area contributed by atoms with Crippen LogP contribution in [-0.4, -0.2) is 14.9 Å². The van der Waals surface area contributed by atoms with Gasteiger partial charge in [0.25, 0.3) is 0 Å². The minimum Gasteiger partial charge on any atom is -0.508 e. The maximum Gasteiger partial charge on any atom is 0.124 e. The molecule has 0 radical (unpaired) electrons. The van der Waals surface area contributed by atoms with Crippen molar-refractivity contribution in [3.8, 4) is 5.75 Å². The van der Waals surface area contributed by atoms with Gasteiger partial charge in [-0.3, -0.25) is 0 Å². The summed E-state index contributed by atoms with van der Waals surface area (Å²) >= 11 is 0. The molecule has 2 rings (SSSR count). The van der Waals surface area contributed by atoms with Crippen molar-refractivity contribution >= 4 is 5.82 Å². The molecular weight excluding hydrogens is 214 g/mol. The van der Waals surface area contributed by atoms with Crippen LogP contribution in [-0.2, 0) is 13.1 Å². The fourth-order valence-corrected chi connectivity index (χ4v) is 1.79. The van der Waals surface area contributed by atoms with Gasteiger partial charge in [-0.05, 0) is 31.5 Å². The van der Waals surface area contributed by atoms with Gasteiger partial charge in [0.2, 0.25) is 0 Å². The summed E-state index contributed by atoms with van der Waals surface area (Å²) in [5.41, 5.74) is 2.05. The molecule has 0 bridgehead atoms. The van der Waals surface area contributed by atoms with Crippen LogP contribution < -0.4 is 5.32 Å². The first-order chi connectivity index (χ1) is 8.19. The maximum atomic E-state index is 9.37. The monoisotopic (exact) mass is 231 g/mol. The number of phenolic OH excluding ortho intramolecular Hbond substituents is 1. The predicted octanol–water partition coefficient (Wildman–Crippen LogP) is 2.53. The SMILES string of the molecule is CCn1nc(C)cc1NCc1cccc(O)c1. The Morgan fingerprint density at radius 3 is 2.88 bits per heavy atom. The minimum absolute atomic E-state index is 0.296. The van der Waals surface area contributed by atoms with Gasteiger partial charge in [0, 0.05) is 19.2 Å². The zero-order chi connectivity index (χ0) is 12.3. The first kappa shape index (κ1) is 11.5. The summed E-state index contributed by atoms with van der Waals surface area (Å²) in [7, 11) is 0. The van der Waals surface area contributed by atoms with Crippen LogP contribution in [0.15, 0.2) is 30.3 Å². The zero-order valence-corrected chi connectivity index (χ0v) is 10.1. The lowest BCUT2D eigenvalue weighted by Crippen LogP contribution is -2.06. The van der Waals surface area contributed by atoms with Crippen LogP contribution in [0.2, 0.25) is 0 Å². The number of benzene rings is 1. The van der Waals surface area contributed by atoms with Crippen LogP contribution in [0.25, 0.3) is 0 Å². The van der Waals surface area contributed by atoms with Crippen molar-refractivity contribution in [2.24, 2.45) is 0 Å².